The average Bonchev–Trinajstić information content (AvgIpc) is 2.29. The third kappa shape index (κ3) is 5.02. The van der Waals surface area contributed by atoms with E-state index in [9.17, 15) is 8.68 Å². The summed E-state index contributed by atoms with van der Waals surface area (Å²) in [6, 6.07) is 6.66. The fourth-order valence-electron chi connectivity index (χ4n) is 1.16. The summed E-state index contributed by atoms with van der Waals surface area (Å²) in [5, 5.41) is 8.41. The summed E-state index contributed by atoms with van der Waals surface area (Å²) in [7, 11) is 0. The summed E-state index contributed by atoms with van der Waals surface area (Å²) in [5.74, 6) is -0.113. The van der Waals surface area contributed by atoms with Gasteiger partial charge in [0.2, 0.25) is 0 Å². The van der Waals surface area contributed by atoms with Crippen LogP contribution in [0.25, 0.3) is 0 Å². The normalized spacial score (nSPS) is 10.1. The maximum absolute atomic E-state index is 12.1. The summed E-state index contributed by atoms with van der Waals surface area (Å²) in [6.45, 7) is 0.482. The van der Waals surface area contributed by atoms with Crippen molar-refractivity contribution in [2.45, 2.75) is 24.2 Å². The maximum atomic E-state index is 12.1. The van der Waals surface area contributed by atoms with Gasteiger partial charge < -0.3 is 9.84 Å². The highest BCUT2D eigenvalue weighted by Crippen LogP contribution is 2.21. The zero-order valence-electron chi connectivity index (χ0n) is 8.69. The molecule has 5 heteroatoms. The third-order valence-electron chi connectivity index (χ3n) is 1.97. The highest BCUT2D eigenvalue weighted by Gasteiger charge is 1.98. The van der Waals surface area contributed by atoms with Gasteiger partial charge in [-0.05, 0) is 37.1 Å². The Hall–Kier alpha value is -1.23. The third-order valence-corrected chi connectivity index (χ3v) is 2.42. The van der Waals surface area contributed by atoms with Crippen LogP contribution in [0, 0.1) is 0 Å². The van der Waals surface area contributed by atoms with Crippen molar-refractivity contribution >= 4 is 18.1 Å². The number of unbranched alkanes of at least 4 members (excludes halogenated alkanes) is 1. The van der Waals surface area contributed by atoms with E-state index in [1.165, 1.54) is 0 Å². The van der Waals surface area contributed by atoms with Gasteiger partial charge in [-0.1, -0.05) is 0 Å². The summed E-state index contributed by atoms with van der Waals surface area (Å²) in [5.41, 5.74) is 0. The second-order valence-corrected chi connectivity index (χ2v) is 3.87. The van der Waals surface area contributed by atoms with Crippen molar-refractivity contribution in [1.29, 1.82) is 0 Å². The van der Waals surface area contributed by atoms with E-state index in [2.05, 4.69) is 0 Å². The Morgan fingerprint density at radius 2 is 2.00 bits per heavy atom. The van der Waals surface area contributed by atoms with Crippen LogP contribution in [0.15, 0.2) is 29.2 Å². The fourth-order valence-corrected chi connectivity index (χ4v) is 1.39. The molecule has 88 valence electrons. The Morgan fingerprint density at radius 1 is 1.31 bits per heavy atom. The summed E-state index contributed by atoms with van der Waals surface area (Å²) < 4.78 is 17.5. The van der Waals surface area contributed by atoms with Crippen LogP contribution in [0.2, 0.25) is 0 Å². The first-order chi connectivity index (χ1) is 7.72. The van der Waals surface area contributed by atoms with Crippen molar-refractivity contribution in [3.8, 4) is 5.75 Å². The zero-order valence-corrected chi connectivity index (χ0v) is 9.50. The SMILES string of the molecule is O=C(O)CCCCOc1ccc(SF)cc1. The number of aliphatic carboxylic acids is 1. The number of ether oxygens (including phenoxy) is 1. The van der Waals surface area contributed by atoms with Crippen molar-refractivity contribution in [2.75, 3.05) is 6.61 Å². The molecule has 0 radical (unpaired) electrons. The molecular formula is C11H13FO3S. The maximum Gasteiger partial charge on any atom is 0.303 e. The van der Waals surface area contributed by atoms with Gasteiger partial charge in [-0.15, -0.1) is 0 Å². The second-order valence-electron chi connectivity index (χ2n) is 3.25. The molecule has 1 aromatic rings. The van der Waals surface area contributed by atoms with Crippen LogP contribution in [0.3, 0.4) is 0 Å². The lowest BCUT2D eigenvalue weighted by atomic mass is 10.2. The van der Waals surface area contributed by atoms with Crippen LogP contribution in [-0.4, -0.2) is 17.7 Å². The summed E-state index contributed by atoms with van der Waals surface area (Å²) >= 11 is 0.192. The predicted molar refractivity (Wildman–Crippen MR) is 60.4 cm³/mol. The van der Waals surface area contributed by atoms with E-state index in [-0.39, 0.29) is 18.6 Å². The second kappa shape index (κ2) is 7.11. The van der Waals surface area contributed by atoms with Gasteiger partial charge in [0.1, 0.15) is 5.75 Å². The standard InChI is InChI=1S/C11H13FO3S/c12-16-10-6-4-9(5-7-10)15-8-2-1-3-11(13)14/h4-7H,1-3,8H2,(H,13,14). The number of carboxylic acids is 1. The molecule has 3 nitrogen and oxygen atoms in total. The molecule has 0 heterocycles. The number of rotatable bonds is 7. The van der Waals surface area contributed by atoms with E-state index in [0.29, 0.717) is 30.1 Å². The van der Waals surface area contributed by atoms with Gasteiger partial charge in [0.15, 0.2) is 0 Å². The monoisotopic (exact) mass is 244 g/mol. The van der Waals surface area contributed by atoms with Crippen LogP contribution in [-0.2, 0) is 4.79 Å². The predicted octanol–water partition coefficient (Wildman–Crippen LogP) is 3.30. The van der Waals surface area contributed by atoms with E-state index >= 15 is 0 Å². The fraction of sp³-hybridized carbons (Fsp3) is 0.364. The zero-order chi connectivity index (χ0) is 11.8. The van der Waals surface area contributed by atoms with Crippen LogP contribution >= 0.6 is 12.1 Å². The van der Waals surface area contributed by atoms with E-state index in [4.69, 9.17) is 9.84 Å². The first-order valence-corrected chi connectivity index (χ1v) is 5.67. The van der Waals surface area contributed by atoms with Gasteiger partial charge in [-0.2, -0.15) is 3.89 Å². The molecule has 0 amide bonds. The number of hydrogen-bond acceptors (Lipinski definition) is 3. The molecule has 0 aromatic heterocycles. The van der Waals surface area contributed by atoms with Crippen molar-refractivity contribution in [3.63, 3.8) is 0 Å². The van der Waals surface area contributed by atoms with Crippen LogP contribution < -0.4 is 4.74 Å². The van der Waals surface area contributed by atoms with Gasteiger partial charge in [-0.3, -0.25) is 4.79 Å². The Kier molecular flexibility index (Phi) is 5.71. The van der Waals surface area contributed by atoms with E-state index < -0.39 is 5.97 Å². The van der Waals surface area contributed by atoms with Gasteiger partial charge >= 0.3 is 5.97 Å². The van der Waals surface area contributed by atoms with E-state index in [0.717, 1.165) is 0 Å². The number of carboxylic acid groups (broad SMARTS) is 1. The largest absolute Gasteiger partial charge is 0.494 e. The van der Waals surface area contributed by atoms with Crippen molar-refractivity contribution < 1.29 is 18.5 Å². The molecule has 0 bridgehead atoms. The number of benzene rings is 1. The van der Waals surface area contributed by atoms with Crippen molar-refractivity contribution in [1.82, 2.24) is 0 Å². The lowest BCUT2D eigenvalue weighted by Gasteiger charge is -2.05. The van der Waals surface area contributed by atoms with Gasteiger partial charge in [0.05, 0.1) is 18.8 Å². The number of carbonyl (C=O) groups is 1. The Labute approximate surface area is 97.9 Å². The highest BCUT2D eigenvalue weighted by atomic mass is 32.2. The number of halogens is 1. The molecule has 0 aliphatic carbocycles. The van der Waals surface area contributed by atoms with Crippen LogP contribution in [0.1, 0.15) is 19.3 Å². The van der Waals surface area contributed by atoms with Crippen LogP contribution in [0.4, 0.5) is 3.89 Å². The Bertz CT molecular complexity index is 327. The molecule has 1 rings (SSSR count). The molecule has 0 atom stereocenters. The molecule has 0 aliphatic rings. The molecule has 0 unspecified atom stereocenters. The Balaban J connectivity index is 2.19. The van der Waals surface area contributed by atoms with Gasteiger partial charge in [0, 0.05) is 11.3 Å². The molecule has 0 aliphatic heterocycles. The molecule has 0 saturated carbocycles. The lowest BCUT2D eigenvalue weighted by molar-refractivity contribution is -0.137. The molecule has 1 N–H and O–H groups in total. The van der Waals surface area contributed by atoms with Crippen LogP contribution in [0.5, 0.6) is 5.75 Å². The minimum absolute atomic E-state index is 0.167. The smallest absolute Gasteiger partial charge is 0.303 e. The molecule has 0 fully saturated rings. The molecule has 1 aromatic carbocycles. The average molecular weight is 244 g/mol. The minimum atomic E-state index is -0.788. The lowest BCUT2D eigenvalue weighted by Crippen LogP contribution is -2.00. The molecule has 0 spiro atoms. The molecule has 0 saturated heterocycles. The first kappa shape index (κ1) is 12.8. The van der Waals surface area contributed by atoms with Gasteiger partial charge in [-0.25, -0.2) is 0 Å². The quantitative estimate of drug-likeness (QED) is 0.747. The summed E-state index contributed by atoms with van der Waals surface area (Å²) in [6.07, 6.45) is 1.47. The topological polar surface area (TPSA) is 46.5 Å². The molecular weight excluding hydrogens is 231 g/mol. The van der Waals surface area contributed by atoms with E-state index in [1.54, 1.807) is 24.3 Å². The van der Waals surface area contributed by atoms with Gasteiger partial charge in [0.25, 0.3) is 0 Å². The summed E-state index contributed by atoms with van der Waals surface area (Å²) in [4.78, 5) is 10.8. The van der Waals surface area contributed by atoms with Crippen molar-refractivity contribution in [3.05, 3.63) is 24.3 Å². The minimum Gasteiger partial charge on any atom is -0.494 e. The van der Waals surface area contributed by atoms with E-state index in [1.807, 2.05) is 0 Å². The number of hydrogen-bond donors (Lipinski definition) is 1. The molecule has 16 heavy (non-hydrogen) atoms. The van der Waals surface area contributed by atoms with Crippen molar-refractivity contribution in [2.24, 2.45) is 0 Å². The highest BCUT2D eigenvalue weighted by molar-refractivity contribution is 7.94. The Morgan fingerprint density at radius 3 is 2.56 bits per heavy atom. The first-order valence-electron chi connectivity index (χ1n) is 4.95.